The molecule has 1 atom stereocenters. The van der Waals surface area contributed by atoms with Crippen LogP contribution in [0.2, 0.25) is 0 Å². The molecule has 0 saturated heterocycles. The van der Waals surface area contributed by atoms with Crippen molar-refractivity contribution in [2.24, 2.45) is 0 Å². The zero-order valence-electron chi connectivity index (χ0n) is 14.0. The number of amides is 1. The summed E-state index contributed by atoms with van der Waals surface area (Å²) in [6, 6.07) is 3.69. The summed E-state index contributed by atoms with van der Waals surface area (Å²) in [5.74, 6) is 1.68. The van der Waals surface area contributed by atoms with E-state index in [9.17, 15) is 4.79 Å². The van der Waals surface area contributed by atoms with Crippen molar-refractivity contribution in [2.75, 3.05) is 26.9 Å². The predicted molar refractivity (Wildman–Crippen MR) is 87.7 cm³/mol. The summed E-state index contributed by atoms with van der Waals surface area (Å²) in [5.41, 5.74) is 1.12. The van der Waals surface area contributed by atoms with Gasteiger partial charge in [0.25, 0.3) is 0 Å². The van der Waals surface area contributed by atoms with Crippen LogP contribution in [0.4, 0.5) is 0 Å². The van der Waals surface area contributed by atoms with Gasteiger partial charge in [-0.3, -0.25) is 9.78 Å². The zero-order valence-corrected chi connectivity index (χ0v) is 14.0. The van der Waals surface area contributed by atoms with Crippen LogP contribution in [-0.4, -0.2) is 52.2 Å². The topological polar surface area (TPSA) is 69.5 Å². The van der Waals surface area contributed by atoms with Crippen molar-refractivity contribution in [3.63, 3.8) is 0 Å². The number of pyridine rings is 1. The van der Waals surface area contributed by atoms with E-state index in [1.807, 2.05) is 30.2 Å². The number of rotatable bonds is 6. The summed E-state index contributed by atoms with van der Waals surface area (Å²) in [6.07, 6.45) is 6.06. The Labute approximate surface area is 141 Å². The smallest absolute Gasteiger partial charge is 0.249 e. The van der Waals surface area contributed by atoms with Gasteiger partial charge in [-0.1, -0.05) is 0 Å². The number of nitrogens with zero attached hydrogens (tertiary/aromatic N) is 4. The molecule has 0 aliphatic carbocycles. The molecular weight excluding hydrogens is 308 g/mol. The standard InChI is InChI=1S/C17H22N4O3/c1-13-17-19-10-14(5-9-24-15-4-3-6-18-11-15)21(17)8-7-20(13)16(22)12-23-2/h3-4,6,10-11,13H,5,7-9,12H2,1-2H3. The highest BCUT2D eigenvalue weighted by molar-refractivity contribution is 5.78. The number of fused-ring (bicyclic) bond motifs is 1. The third-order valence-electron chi connectivity index (χ3n) is 4.22. The van der Waals surface area contributed by atoms with E-state index in [1.54, 1.807) is 12.4 Å². The number of hydrogen-bond acceptors (Lipinski definition) is 5. The molecule has 0 N–H and O–H groups in total. The Morgan fingerprint density at radius 2 is 2.25 bits per heavy atom. The predicted octanol–water partition coefficient (Wildman–Crippen LogP) is 1.45. The molecule has 7 heteroatoms. The number of methoxy groups -OCH3 is 1. The van der Waals surface area contributed by atoms with E-state index in [0.717, 1.165) is 30.2 Å². The Balaban J connectivity index is 1.63. The maximum atomic E-state index is 12.1. The average molecular weight is 330 g/mol. The van der Waals surface area contributed by atoms with E-state index >= 15 is 0 Å². The lowest BCUT2D eigenvalue weighted by atomic mass is 10.2. The van der Waals surface area contributed by atoms with Gasteiger partial charge in [-0.05, 0) is 19.1 Å². The van der Waals surface area contributed by atoms with Gasteiger partial charge in [0.1, 0.15) is 18.2 Å². The lowest BCUT2D eigenvalue weighted by Gasteiger charge is -2.34. The fraction of sp³-hybridized carbons (Fsp3) is 0.471. The molecule has 0 bridgehead atoms. The molecule has 0 radical (unpaired) electrons. The molecule has 7 nitrogen and oxygen atoms in total. The van der Waals surface area contributed by atoms with Crippen molar-refractivity contribution in [3.05, 3.63) is 42.2 Å². The second kappa shape index (κ2) is 7.44. The van der Waals surface area contributed by atoms with Crippen molar-refractivity contribution in [1.29, 1.82) is 0 Å². The van der Waals surface area contributed by atoms with Crippen molar-refractivity contribution in [3.8, 4) is 5.75 Å². The van der Waals surface area contributed by atoms with E-state index in [0.29, 0.717) is 13.2 Å². The zero-order chi connectivity index (χ0) is 16.9. The van der Waals surface area contributed by atoms with Gasteiger partial charge in [0.2, 0.25) is 5.91 Å². The van der Waals surface area contributed by atoms with E-state index in [2.05, 4.69) is 14.5 Å². The van der Waals surface area contributed by atoms with Gasteiger partial charge in [-0.25, -0.2) is 4.98 Å². The Morgan fingerprint density at radius 3 is 3.00 bits per heavy atom. The molecule has 0 fully saturated rings. The lowest BCUT2D eigenvalue weighted by molar-refractivity contribution is -0.138. The summed E-state index contributed by atoms with van der Waals surface area (Å²) >= 11 is 0. The minimum absolute atomic E-state index is 0.000658. The number of carbonyl (C=O) groups excluding carboxylic acids is 1. The number of carbonyl (C=O) groups is 1. The van der Waals surface area contributed by atoms with Gasteiger partial charge < -0.3 is 18.9 Å². The van der Waals surface area contributed by atoms with E-state index in [1.165, 1.54) is 7.11 Å². The largest absolute Gasteiger partial charge is 0.492 e. The summed E-state index contributed by atoms with van der Waals surface area (Å²) in [4.78, 5) is 22.5. The van der Waals surface area contributed by atoms with Gasteiger partial charge in [-0.2, -0.15) is 0 Å². The van der Waals surface area contributed by atoms with Crippen LogP contribution in [-0.2, 0) is 22.5 Å². The van der Waals surface area contributed by atoms with Gasteiger partial charge in [0.15, 0.2) is 0 Å². The summed E-state index contributed by atoms with van der Waals surface area (Å²) < 4.78 is 12.8. The average Bonchev–Trinajstić information content (AvgIpc) is 3.00. The van der Waals surface area contributed by atoms with Crippen molar-refractivity contribution in [2.45, 2.75) is 25.9 Å². The van der Waals surface area contributed by atoms with Crippen LogP contribution in [0, 0.1) is 0 Å². The van der Waals surface area contributed by atoms with Crippen molar-refractivity contribution in [1.82, 2.24) is 19.4 Å². The van der Waals surface area contributed by atoms with Crippen molar-refractivity contribution < 1.29 is 14.3 Å². The maximum absolute atomic E-state index is 12.1. The lowest BCUT2D eigenvalue weighted by Crippen LogP contribution is -2.43. The van der Waals surface area contributed by atoms with Gasteiger partial charge in [-0.15, -0.1) is 0 Å². The first-order valence-corrected chi connectivity index (χ1v) is 8.06. The number of hydrogen-bond donors (Lipinski definition) is 0. The molecule has 128 valence electrons. The molecule has 2 aromatic heterocycles. The Bertz CT molecular complexity index is 686. The minimum atomic E-state index is -0.0469. The fourth-order valence-corrected chi connectivity index (χ4v) is 3.01. The molecule has 1 amide bonds. The van der Waals surface area contributed by atoms with E-state index < -0.39 is 0 Å². The second-order valence-electron chi connectivity index (χ2n) is 5.74. The van der Waals surface area contributed by atoms with Gasteiger partial charge in [0, 0.05) is 44.7 Å². The van der Waals surface area contributed by atoms with Gasteiger partial charge >= 0.3 is 0 Å². The van der Waals surface area contributed by atoms with Crippen LogP contribution in [0.5, 0.6) is 5.75 Å². The third-order valence-corrected chi connectivity index (χ3v) is 4.22. The van der Waals surface area contributed by atoms with Crippen LogP contribution in [0.25, 0.3) is 0 Å². The number of aromatic nitrogens is 3. The van der Waals surface area contributed by atoms with E-state index in [-0.39, 0.29) is 18.6 Å². The quantitative estimate of drug-likeness (QED) is 0.802. The molecule has 1 unspecified atom stereocenters. The minimum Gasteiger partial charge on any atom is -0.492 e. The molecule has 24 heavy (non-hydrogen) atoms. The number of imidazole rings is 1. The van der Waals surface area contributed by atoms with Gasteiger partial charge in [0.05, 0.1) is 18.8 Å². The van der Waals surface area contributed by atoms with Crippen LogP contribution in [0.1, 0.15) is 24.5 Å². The highest BCUT2D eigenvalue weighted by atomic mass is 16.5. The van der Waals surface area contributed by atoms with Crippen LogP contribution < -0.4 is 4.74 Å². The summed E-state index contributed by atoms with van der Waals surface area (Å²) in [5, 5.41) is 0. The Morgan fingerprint density at radius 1 is 1.38 bits per heavy atom. The normalized spacial score (nSPS) is 16.8. The van der Waals surface area contributed by atoms with Crippen molar-refractivity contribution >= 4 is 5.91 Å². The van der Waals surface area contributed by atoms with E-state index in [4.69, 9.17) is 9.47 Å². The highest BCUT2D eigenvalue weighted by Crippen LogP contribution is 2.25. The van der Waals surface area contributed by atoms with Crippen LogP contribution >= 0.6 is 0 Å². The molecule has 0 saturated carbocycles. The first-order valence-electron chi connectivity index (χ1n) is 8.06. The third kappa shape index (κ3) is 3.41. The SMILES string of the molecule is COCC(=O)N1CCn2c(CCOc3cccnc3)cnc2C1C. The molecule has 1 aliphatic rings. The second-order valence-corrected chi connectivity index (χ2v) is 5.74. The first kappa shape index (κ1) is 16.4. The molecular formula is C17H22N4O3. The fourth-order valence-electron chi connectivity index (χ4n) is 3.01. The Hall–Kier alpha value is -2.41. The monoisotopic (exact) mass is 330 g/mol. The van der Waals surface area contributed by atoms with Crippen LogP contribution in [0.3, 0.4) is 0 Å². The maximum Gasteiger partial charge on any atom is 0.249 e. The highest BCUT2D eigenvalue weighted by Gasteiger charge is 2.29. The molecule has 1 aliphatic heterocycles. The Kier molecular flexibility index (Phi) is 5.10. The first-order chi connectivity index (χ1) is 11.7. The molecule has 3 rings (SSSR count). The number of ether oxygens (including phenoxy) is 2. The summed E-state index contributed by atoms with van der Waals surface area (Å²) in [6.45, 7) is 4.09. The molecule has 3 heterocycles. The molecule has 2 aromatic rings. The molecule has 0 spiro atoms. The molecule has 0 aromatic carbocycles. The summed E-state index contributed by atoms with van der Waals surface area (Å²) in [7, 11) is 1.54. The van der Waals surface area contributed by atoms with Crippen LogP contribution in [0.15, 0.2) is 30.7 Å².